The molecule has 1 saturated carbocycles. The molecule has 0 aliphatic heterocycles. The van der Waals surface area contributed by atoms with Gasteiger partial charge in [0.15, 0.2) is 0 Å². The molecule has 0 spiro atoms. The Kier molecular flexibility index (Phi) is 3.47. The van der Waals surface area contributed by atoms with Crippen molar-refractivity contribution in [3.05, 3.63) is 0 Å². The van der Waals surface area contributed by atoms with Crippen molar-refractivity contribution in [1.82, 2.24) is 20.2 Å². The van der Waals surface area contributed by atoms with E-state index in [0.717, 1.165) is 6.42 Å². The third kappa shape index (κ3) is 2.41. The predicted octanol–water partition coefficient (Wildman–Crippen LogP) is 1.15. The molecule has 7 nitrogen and oxygen atoms in total. The van der Waals surface area contributed by atoms with Crippen molar-refractivity contribution in [2.45, 2.75) is 39.7 Å². The van der Waals surface area contributed by atoms with Crippen LogP contribution in [-0.2, 0) is 11.8 Å². The summed E-state index contributed by atoms with van der Waals surface area (Å²) in [5, 5.41) is 24.0. The SMILES string of the molecule is CC1C(Nc2nnnn2C)CCC(C(=O)O)C1(C)C. The number of anilines is 1. The molecule has 3 atom stereocenters. The molecular formula is C12H21N5O2. The highest BCUT2D eigenvalue weighted by molar-refractivity contribution is 5.71. The summed E-state index contributed by atoms with van der Waals surface area (Å²) in [6.07, 6.45) is 1.49. The van der Waals surface area contributed by atoms with Gasteiger partial charge in [-0.3, -0.25) is 4.79 Å². The van der Waals surface area contributed by atoms with Crippen LogP contribution in [0.2, 0.25) is 0 Å². The normalized spacial score (nSPS) is 30.0. The molecule has 1 aliphatic rings. The van der Waals surface area contributed by atoms with Gasteiger partial charge in [0.2, 0.25) is 5.95 Å². The summed E-state index contributed by atoms with van der Waals surface area (Å²) in [6.45, 7) is 6.15. The van der Waals surface area contributed by atoms with E-state index in [0.29, 0.717) is 12.4 Å². The molecule has 19 heavy (non-hydrogen) atoms. The van der Waals surface area contributed by atoms with Crippen LogP contribution in [0, 0.1) is 17.3 Å². The summed E-state index contributed by atoms with van der Waals surface area (Å²) < 4.78 is 1.59. The van der Waals surface area contributed by atoms with Gasteiger partial charge in [-0.15, -0.1) is 0 Å². The fourth-order valence-corrected chi connectivity index (χ4v) is 2.96. The average Bonchev–Trinajstić information content (AvgIpc) is 2.70. The van der Waals surface area contributed by atoms with E-state index in [-0.39, 0.29) is 23.3 Å². The van der Waals surface area contributed by atoms with Crippen LogP contribution in [0.4, 0.5) is 5.95 Å². The quantitative estimate of drug-likeness (QED) is 0.853. The topological polar surface area (TPSA) is 92.9 Å². The second-order valence-electron chi connectivity index (χ2n) is 5.96. The molecule has 1 aromatic heterocycles. The smallest absolute Gasteiger partial charge is 0.307 e. The van der Waals surface area contributed by atoms with Crippen molar-refractivity contribution in [2.75, 3.05) is 5.32 Å². The Bertz CT molecular complexity index is 470. The third-order valence-electron chi connectivity index (χ3n) is 4.67. The maximum Gasteiger partial charge on any atom is 0.307 e. The van der Waals surface area contributed by atoms with Gasteiger partial charge in [0.1, 0.15) is 0 Å². The maximum absolute atomic E-state index is 11.3. The molecule has 0 bridgehead atoms. The zero-order valence-corrected chi connectivity index (χ0v) is 11.8. The fourth-order valence-electron chi connectivity index (χ4n) is 2.96. The zero-order valence-electron chi connectivity index (χ0n) is 11.8. The molecule has 0 aromatic carbocycles. The van der Waals surface area contributed by atoms with E-state index in [1.807, 2.05) is 13.8 Å². The second kappa shape index (κ2) is 4.79. The van der Waals surface area contributed by atoms with Gasteiger partial charge in [0.05, 0.1) is 5.92 Å². The highest BCUT2D eigenvalue weighted by atomic mass is 16.4. The summed E-state index contributed by atoms with van der Waals surface area (Å²) >= 11 is 0. The number of nitrogens with one attached hydrogen (secondary N) is 1. The molecule has 1 fully saturated rings. The predicted molar refractivity (Wildman–Crippen MR) is 69.5 cm³/mol. The summed E-state index contributed by atoms with van der Waals surface area (Å²) in [6, 6.07) is 0.190. The van der Waals surface area contributed by atoms with Gasteiger partial charge in [0, 0.05) is 13.1 Å². The van der Waals surface area contributed by atoms with Gasteiger partial charge in [-0.25, -0.2) is 4.68 Å². The number of aryl methyl sites for hydroxylation is 1. The standard InChI is InChI=1S/C12H21N5O2/c1-7-9(13-11-14-15-16-17(11)4)6-5-8(10(18)19)12(7,2)3/h7-9H,5-6H2,1-4H3,(H,18,19)(H,13,14,16). The van der Waals surface area contributed by atoms with E-state index in [2.05, 4.69) is 27.8 Å². The molecular weight excluding hydrogens is 246 g/mol. The summed E-state index contributed by atoms with van der Waals surface area (Å²) in [4.78, 5) is 11.3. The molecule has 2 rings (SSSR count). The van der Waals surface area contributed by atoms with Crippen molar-refractivity contribution < 1.29 is 9.90 Å². The summed E-state index contributed by atoms with van der Waals surface area (Å²) in [5.74, 6) is -0.144. The van der Waals surface area contributed by atoms with E-state index in [1.54, 1.807) is 11.7 Å². The highest BCUT2D eigenvalue weighted by Gasteiger charge is 2.46. The number of hydrogen-bond donors (Lipinski definition) is 2. The first-order valence-corrected chi connectivity index (χ1v) is 6.55. The molecule has 3 unspecified atom stereocenters. The lowest BCUT2D eigenvalue weighted by molar-refractivity contribution is -0.149. The number of tetrazole rings is 1. The Morgan fingerprint density at radius 3 is 2.68 bits per heavy atom. The van der Waals surface area contributed by atoms with Gasteiger partial charge in [-0.05, 0) is 34.6 Å². The van der Waals surface area contributed by atoms with Crippen molar-refractivity contribution in [3.63, 3.8) is 0 Å². The second-order valence-corrected chi connectivity index (χ2v) is 5.96. The molecule has 1 aliphatic carbocycles. The van der Waals surface area contributed by atoms with Gasteiger partial charge in [-0.2, -0.15) is 0 Å². The molecule has 2 N–H and O–H groups in total. The average molecular weight is 267 g/mol. The van der Waals surface area contributed by atoms with Gasteiger partial charge >= 0.3 is 5.97 Å². The van der Waals surface area contributed by atoms with Crippen molar-refractivity contribution in [1.29, 1.82) is 0 Å². The van der Waals surface area contributed by atoms with Gasteiger partial charge in [0.25, 0.3) is 0 Å². The minimum Gasteiger partial charge on any atom is -0.481 e. The number of aliphatic carboxylic acids is 1. The molecule has 0 saturated heterocycles. The lowest BCUT2D eigenvalue weighted by Crippen LogP contribution is -2.48. The zero-order chi connectivity index (χ0) is 14.2. The summed E-state index contributed by atoms with van der Waals surface area (Å²) in [5.41, 5.74) is -0.256. The van der Waals surface area contributed by atoms with E-state index in [4.69, 9.17) is 0 Å². The monoisotopic (exact) mass is 267 g/mol. The number of carbonyl (C=O) groups is 1. The molecule has 0 amide bonds. The van der Waals surface area contributed by atoms with Crippen molar-refractivity contribution >= 4 is 11.9 Å². The van der Waals surface area contributed by atoms with Crippen LogP contribution in [-0.4, -0.2) is 37.3 Å². The highest BCUT2D eigenvalue weighted by Crippen LogP contribution is 2.45. The first kappa shape index (κ1) is 13.8. The number of nitrogens with zero attached hydrogens (tertiary/aromatic N) is 4. The summed E-state index contributed by atoms with van der Waals surface area (Å²) in [7, 11) is 1.78. The molecule has 106 valence electrons. The lowest BCUT2D eigenvalue weighted by atomic mass is 9.61. The molecule has 1 heterocycles. The largest absolute Gasteiger partial charge is 0.481 e. The fraction of sp³-hybridized carbons (Fsp3) is 0.833. The number of hydrogen-bond acceptors (Lipinski definition) is 5. The van der Waals surface area contributed by atoms with Crippen LogP contribution < -0.4 is 5.32 Å². The number of carboxylic acids is 1. The van der Waals surface area contributed by atoms with Crippen LogP contribution in [0.3, 0.4) is 0 Å². The van der Waals surface area contributed by atoms with E-state index >= 15 is 0 Å². The number of carboxylic acid groups (broad SMARTS) is 1. The van der Waals surface area contributed by atoms with Crippen molar-refractivity contribution in [2.24, 2.45) is 24.3 Å². The Balaban J connectivity index is 2.14. The first-order chi connectivity index (χ1) is 8.84. The van der Waals surface area contributed by atoms with Crippen LogP contribution in [0.5, 0.6) is 0 Å². The first-order valence-electron chi connectivity index (χ1n) is 6.55. The number of rotatable bonds is 3. The van der Waals surface area contributed by atoms with Crippen LogP contribution >= 0.6 is 0 Å². The third-order valence-corrected chi connectivity index (χ3v) is 4.67. The Labute approximate surface area is 112 Å². The lowest BCUT2D eigenvalue weighted by Gasteiger charge is -2.46. The maximum atomic E-state index is 11.3. The minimum absolute atomic E-state index is 0.190. The van der Waals surface area contributed by atoms with Crippen LogP contribution in [0.15, 0.2) is 0 Å². The number of aromatic nitrogens is 4. The Morgan fingerprint density at radius 2 is 2.16 bits per heavy atom. The van der Waals surface area contributed by atoms with Crippen LogP contribution in [0.25, 0.3) is 0 Å². The molecule has 0 radical (unpaired) electrons. The van der Waals surface area contributed by atoms with Gasteiger partial charge < -0.3 is 10.4 Å². The Morgan fingerprint density at radius 1 is 1.47 bits per heavy atom. The van der Waals surface area contributed by atoms with E-state index in [1.165, 1.54) is 0 Å². The minimum atomic E-state index is -0.698. The van der Waals surface area contributed by atoms with Crippen molar-refractivity contribution in [3.8, 4) is 0 Å². The van der Waals surface area contributed by atoms with Crippen LogP contribution in [0.1, 0.15) is 33.6 Å². The molecule has 1 aromatic rings. The Hall–Kier alpha value is -1.66. The van der Waals surface area contributed by atoms with Gasteiger partial charge in [-0.1, -0.05) is 25.9 Å². The van der Waals surface area contributed by atoms with E-state index < -0.39 is 5.97 Å². The molecule has 7 heteroatoms. The van der Waals surface area contributed by atoms with E-state index in [9.17, 15) is 9.90 Å².